The van der Waals surface area contributed by atoms with Crippen LogP contribution in [0, 0.1) is 28.6 Å². The van der Waals surface area contributed by atoms with E-state index in [-0.39, 0.29) is 24.2 Å². The van der Waals surface area contributed by atoms with Crippen LogP contribution in [0.25, 0.3) is 0 Å². The Morgan fingerprint density at radius 1 is 0.806 bits per heavy atom. The van der Waals surface area contributed by atoms with Crippen molar-refractivity contribution < 1.29 is 68.1 Å². The maximum absolute atomic E-state index is 14.4. The van der Waals surface area contributed by atoms with Crippen molar-refractivity contribution in [3.63, 3.8) is 0 Å². The lowest BCUT2D eigenvalue weighted by Crippen LogP contribution is -2.83. The molecule has 3 aromatic rings. The summed E-state index contributed by atoms with van der Waals surface area (Å²) in [7, 11) is 0. The lowest BCUT2D eigenvalue weighted by molar-refractivity contribution is -0.379. The van der Waals surface area contributed by atoms with Gasteiger partial charge in [-0.2, -0.15) is 0 Å². The van der Waals surface area contributed by atoms with Crippen LogP contribution in [0.5, 0.6) is 0 Å². The smallest absolute Gasteiger partial charge is 0.338 e. The van der Waals surface area contributed by atoms with Crippen LogP contribution in [0.3, 0.4) is 0 Å². The van der Waals surface area contributed by atoms with Crippen molar-refractivity contribution >= 4 is 29.8 Å². The summed E-state index contributed by atoms with van der Waals surface area (Å²) in [5.74, 6) is -7.56. The molecular formula is C47H55NO14. The number of rotatable bonds is 10. The second kappa shape index (κ2) is 16.8. The SMILES string of the molecule is CC(=O)O[C@@H]1C2C(C)[C@@H](OC(=O)[C@H](O)[C@@H](NC(=O)c3ccccc3)c3ccccc3)C[C@@](O)([C@@H](OC(=O)c3ccccc3)[C@@H]3[C@]4(OC(C)=O)CO[C@@H]4C[C@H](O)[C@@]3(C)C1O)C2(C)C. The first-order valence-corrected chi connectivity index (χ1v) is 20.9. The summed E-state index contributed by atoms with van der Waals surface area (Å²) in [5, 5.41) is 53.3. The topological polar surface area (TPSA) is 224 Å². The predicted molar refractivity (Wildman–Crippen MR) is 219 cm³/mol. The lowest BCUT2D eigenvalue weighted by Gasteiger charge is -2.70. The van der Waals surface area contributed by atoms with E-state index in [4.69, 9.17) is 23.7 Å². The van der Waals surface area contributed by atoms with Gasteiger partial charge in [0.05, 0.1) is 36.3 Å². The summed E-state index contributed by atoms with van der Waals surface area (Å²) >= 11 is 0. The fraction of sp³-hybridized carbons (Fsp3) is 0.511. The highest BCUT2D eigenvalue weighted by Crippen LogP contribution is 2.66. The zero-order chi connectivity index (χ0) is 44.9. The van der Waals surface area contributed by atoms with E-state index in [1.165, 1.54) is 26.0 Å². The number of aliphatic hydroxyl groups excluding tert-OH is 3. The van der Waals surface area contributed by atoms with E-state index in [1.54, 1.807) is 99.6 Å². The molecule has 3 aliphatic carbocycles. The van der Waals surface area contributed by atoms with Crippen LogP contribution in [0.4, 0.5) is 0 Å². The summed E-state index contributed by atoms with van der Waals surface area (Å²) in [6.07, 6.45) is -11.3. The molecule has 1 saturated heterocycles. The summed E-state index contributed by atoms with van der Waals surface area (Å²) in [6.45, 7) is 8.60. The van der Waals surface area contributed by atoms with Crippen molar-refractivity contribution in [3.8, 4) is 0 Å². The highest BCUT2D eigenvalue weighted by molar-refractivity contribution is 5.95. The highest BCUT2D eigenvalue weighted by Gasteiger charge is 2.79. The number of ether oxygens (including phenoxy) is 5. The van der Waals surface area contributed by atoms with E-state index in [1.807, 2.05) is 0 Å². The quantitative estimate of drug-likeness (QED) is 0.146. The Morgan fingerprint density at radius 2 is 1.39 bits per heavy atom. The lowest BCUT2D eigenvalue weighted by atomic mass is 9.42. The average molecular weight is 858 g/mol. The van der Waals surface area contributed by atoms with Gasteiger partial charge in [0, 0.05) is 54.9 Å². The fourth-order valence-electron chi connectivity index (χ4n) is 11.0. The number of carbonyl (C=O) groups excluding carboxylic acids is 5. The van der Waals surface area contributed by atoms with Gasteiger partial charge in [-0.3, -0.25) is 14.4 Å². The van der Waals surface area contributed by atoms with Gasteiger partial charge < -0.3 is 49.4 Å². The second-order valence-electron chi connectivity index (χ2n) is 18.0. The number of amides is 1. The van der Waals surface area contributed by atoms with Crippen molar-refractivity contribution in [2.45, 2.75) is 114 Å². The first-order valence-electron chi connectivity index (χ1n) is 20.9. The summed E-state index contributed by atoms with van der Waals surface area (Å²) in [5.41, 5.74) is -6.53. The van der Waals surface area contributed by atoms with Gasteiger partial charge in [-0.05, 0) is 29.8 Å². The number of fused-ring (bicyclic) bond motifs is 5. The largest absolute Gasteiger partial charge is 0.460 e. The van der Waals surface area contributed by atoms with Crippen molar-refractivity contribution in [2.75, 3.05) is 6.61 Å². The van der Waals surface area contributed by atoms with Crippen molar-refractivity contribution in [2.24, 2.45) is 28.6 Å². The van der Waals surface area contributed by atoms with E-state index < -0.39 is 125 Å². The molecule has 0 spiro atoms. The van der Waals surface area contributed by atoms with Gasteiger partial charge in [0.2, 0.25) is 0 Å². The van der Waals surface area contributed by atoms with Crippen LogP contribution in [0.15, 0.2) is 91.0 Å². The van der Waals surface area contributed by atoms with Gasteiger partial charge >= 0.3 is 23.9 Å². The molecule has 3 unspecified atom stereocenters. The van der Waals surface area contributed by atoms with Crippen LogP contribution >= 0.6 is 0 Å². The average Bonchev–Trinajstić information content (AvgIpc) is 3.24. The van der Waals surface area contributed by atoms with Crippen LogP contribution in [-0.4, -0.2) is 111 Å². The molecular weight excluding hydrogens is 803 g/mol. The first kappa shape index (κ1) is 44.9. The van der Waals surface area contributed by atoms with Gasteiger partial charge in [-0.1, -0.05) is 94.4 Å². The fourth-order valence-corrected chi connectivity index (χ4v) is 11.0. The Hall–Kier alpha value is -5.19. The molecule has 15 nitrogen and oxygen atoms in total. The monoisotopic (exact) mass is 857 g/mol. The first-order chi connectivity index (χ1) is 29.3. The summed E-state index contributed by atoms with van der Waals surface area (Å²) in [6, 6.07) is 23.2. The molecule has 332 valence electrons. The number of hydrogen-bond donors (Lipinski definition) is 5. The van der Waals surface area contributed by atoms with Gasteiger partial charge in [0.1, 0.15) is 30.0 Å². The third-order valence-corrected chi connectivity index (χ3v) is 14.3. The number of aliphatic hydroxyl groups is 4. The molecule has 3 saturated carbocycles. The Morgan fingerprint density at radius 3 is 1.94 bits per heavy atom. The maximum atomic E-state index is 14.4. The van der Waals surface area contributed by atoms with Crippen molar-refractivity contribution in [1.82, 2.24) is 5.32 Å². The zero-order valence-corrected chi connectivity index (χ0v) is 35.5. The molecule has 0 aromatic heterocycles. The van der Waals surface area contributed by atoms with E-state index >= 15 is 0 Å². The normalized spacial score (nSPS) is 35.4. The maximum Gasteiger partial charge on any atom is 0.338 e. The van der Waals surface area contributed by atoms with E-state index in [2.05, 4.69) is 5.32 Å². The number of esters is 4. The van der Waals surface area contributed by atoms with E-state index in [0.717, 1.165) is 6.92 Å². The minimum atomic E-state index is -2.29. The standard InChI is InChI=1S/C47H55NO14/c1-25-31(60-43(56)36(52)35(28-16-10-7-11-17-28)48-41(54)29-18-12-8-13-19-29)23-47(57)40(61-42(55)30-20-14-9-15-21-30)38-45(6,32(51)22-33-46(38,24-58-33)62-27(3)50)39(53)37(59-26(2)49)34(25)44(47,4)5/h7-21,25,31-40,51-53,57H,22-24H2,1-6H3,(H,48,54)/t25?,31-,32-,33+,34?,35-,36+,37+,38-,39?,40-,45+,46-,47+/m0/s1. The molecule has 62 heavy (non-hydrogen) atoms. The molecule has 5 N–H and O–H groups in total. The molecule has 4 fully saturated rings. The number of benzene rings is 3. The molecule has 2 bridgehead atoms. The predicted octanol–water partition coefficient (Wildman–Crippen LogP) is 3.46. The van der Waals surface area contributed by atoms with E-state index in [9.17, 15) is 44.4 Å². The molecule has 1 heterocycles. The highest BCUT2D eigenvalue weighted by atomic mass is 16.6. The van der Waals surface area contributed by atoms with Crippen LogP contribution < -0.4 is 5.32 Å². The van der Waals surface area contributed by atoms with Gasteiger partial charge in [-0.25, -0.2) is 9.59 Å². The van der Waals surface area contributed by atoms with E-state index in [0.29, 0.717) is 5.56 Å². The van der Waals surface area contributed by atoms with Crippen molar-refractivity contribution in [1.29, 1.82) is 0 Å². The molecule has 14 atom stereocenters. The molecule has 4 aliphatic rings. The molecule has 1 aliphatic heterocycles. The molecule has 1 amide bonds. The zero-order valence-electron chi connectivity index (χ0n) is 35.5. The Balaban J connectivity index is 1.36. The van der Waals surface area contributed by atoms with Crippen molar-refractivity contribution in [3.05, 3.63) is 108 Å². The summed E-state index contributed by atoms with van der Waals surface area (Å²) < 4.78 is 30.7. The number of hydrogen-bond acceptors (Lipinski definition) is 14. The minimum Gasteiger partial charge on any atom is -0.460 e. The van der Waals surface area contributed by atoms with Gasteiger partial charge in [0.25, 0.3) is 5.91 Å². The number of carbonyl (C=O) groups is 5. The van der Waals surface area contributed by atoms with Crippen LogP contribution in [-0.2, 0) is 38.1 Å². The Labute approximate surface area is 359 Å². The third kappa shape index (κ3) is 7.46. The number of nitrogens with one attached hydrogen (secondary N) is 1. The van der Waals surface area contributed by atoms with Gasteiger partial charge in [-0.15, -0.1) is 0 Å². The Kier molecular flexibility index (Phi) is 12.2. The molecule has 0 radical (unpaired) electrons. The molecule has 3 aromatic carbocycles. The third-order valence-electron chi connectivity index (χ3n) is 14.3. The molecule has 15 heteroatoms. The van der Waals surface area contributed by atoms with Crippen LogP contribution in [0.1, 0.15) is 86.7 Å². The second-order valence-corrected chi connectivity index (χ2v) is 18.0. The van der Waals surface area contributed by atoms with Gasteiger partial charge in [0.15, 0.2) is 11.7 Å². The van der Waals surface area contributed by atoms with Crippen LogP contribution in [0.2, 0.25) is 0 Å². The Bertz CT molecular complexity index is 2150. The molecule has 7 rings (SSSR count). The summed E-state index contributed by atoms with van der Waals surface area (Å²) in [4.78, 5) is 68.2. The minimum absolute atomic E-state index is 0.103.